The third kappa shape index (κ3) is 9.16. The van der Waals surface area contributed by atoms with Gasteiger partial charge in [-0.05, 0) is 48.4 Å². The first kappa shape index (κ1) is 27.3. The van der Waals surface area contributed by atoms with E-state index in [9.17, 15) is 0 Å². The Bertz CT molecular complexity index is 955. The summed E-state index contributed by atoms with van der Waals surface area (Å²) in [5.74, 6) is 1.35. The Morgan fingerprint density at radius 3 is 2.09 bits per heavy atom. The second-order valence-corrected chi connectivity index (χ2v) is 7.74. The van der Waals surface area contributed by atoms with Gasteiger partial charge in [0, 0.05) is 50.2 Å². The van der Waals surface area contributed by atoms with Crippen LogP contribution < -0.4 is 10.6 Å². The zero-order valence-corrected chi connectivity index (χ0v) is 21.1. The van der Waals surface area contributed by atoms with Gasteiger partial charge in [-0.25, -0.2) is 4.98 Å². The Hall–Kier alpha value is -2.76. The molecule has 32 heavy (non-hydrogen) atoms. The van der Waals surface area contributed by atoms with Gasteiger partial charge in [0.15, 0.2) is 0 Å². The van der Waals surface area contributed by atoms with Crippen LogP contribution in [0.4, 0.5) is 11.5 Å². The minimum atomic E-state index is 0.517. The molecule has 7 heteroatoms. The predicted octanol–water partition coefficient (Wildman–Crippen LogP) is 6.95. The summed E-state index contributed by atoms with van der Waals surface area (Å²) in [6.07, 6.45) is 1.60. The number of nitrogens with zero attached hydrogens (tertiary/aromatic N) is 2. The molecule has 0 atom stereocenters. The maximum atomic E-state index is 7.94. The third-order valence-electron chi connectivity index (χ3n) is 4.33. The molecule has 0 saturated heterocycles. The van der Waals surface area contributed by atoms with E-state index in [-0.39, 0.29) is 0 Å². The standard InChI is InChI=1S/C17H20ClN3.C6H7ClN2.C2H6/c1-12-10-15(18)8-9-16(12)20-11-13-4-6-14(7-5-13)17(19)21(2)3;1-8-6-3-2-5(7)4-9-6;1-2/h4-10,19-20H,11H2,1-3H3;2-4H,1H3,(H,8,9);1-2H3. The van der Waals surface area contributed by atoms with E-state index < -0.39 is 0 Å². The summed E-state index contributed by atoms with van der Waals surface area (Å²) in [7, 11) is 5.57. The van der Waals surface area contributed by atoms with Gasteiger partial charge in [-0.2, -0.15) is 0 Å². The van der Waals surface area contributed by atoms with Crippen molar-refractivity contribution in [3.8, 4) is 0 Å². The molecular formula is C25H33Cl2N5. The van der Waals surface area contributed by atoms with Crippen molar-refractivity contribution in [2.75, 3.05) is 31.8 Å². The van der Waals surface area contributed by atoms with Gasteiger partial charge in [0.1, 0.15) is 11.7 Å². The van der Waals surface area contributed by atoms with Crippen molar-refractivity contribution in [2.24, 2.45) is 0 Å². The molecule has 0 aliphatic carbocycles. The molecule has 0 unspecified atom stereocenters. The number of benzene rings is 2. The Balaban J connectivity index is 0.000000388. The van der Waals surface area contributed by atoms with Crippen LogP contribution in [0.15, 0.2) is 60.8 Å². The van der Waals surface area contributed by atoms with Crippen LogP contribution in [0.2, 0.25) is 10.0 Å². The lowest BCUT2D eigenvalue weighted by atomic mass is 10.1. The number of aromatic nitrogens is 1. The average Bonchev–Trinajstić information content (AvgIpc) is 2.80. The summed E-state index contributed by atoms with van der Waals surface area (Å²) in [4.78, 5) is 5.75. The summed E-state index contributed by atoms with van der Waals surface area (Å²) >= 11 is 11.5. The quantitative estimate of drug-likeness (QED) is 0.277. The Morgan fingerprint density at radius 2 is 1.59 bits per heavy atom. The second kappa shape index (κ2) is 14.3. The summed E-state index contributed by atoms with van der Waals surface area (Å²) in [6.45, 7) is 6.79. The minimum absolute atomic E-state index is 0.517. The van der Waals surface area contributed by atoms with Crippen molar-refractivity contribution < 1.29 is 0 Å². The molecular weight excluding hydrogens is 441 g/mol. The van der Waals surface area contributed by atoms with Gasteiger partial charge in [0.05, 0.1) is 5.02 Å². The van der Waals surface area contributed by atoms with Crippen molar-refractivity contribution >= 4 is 40.5 Å². The zero-order valence-electron chi connectivity index (χ0n) is 19.6. The molecule has 3 rings (SSSR count). The number of aryl methyl sites for hydroxylation is 1. The molecule has 1 heterocycles. The number of hydrogen-bond acceptors (Lipinski definition) is 4. The van der Waals surface area contributed by atoms with E-state index in [1.165, 1.54) is 5.56 Å². The molecule has 1 aromatic heterocycles. The molecule has 2 aromatic carbocycles. The molecule has 0 spiro atoms. The molecule has 0 radical (unpaired) electrons. The third-order valence-corrected chi connectivity index (χ3v) is 4.79. The Kier molecular flexibility index (Phi) is 12.2. The molecule has 0 amide bonds. The van der Waals surface area contributed by atoms with Gasteiger partial charge >= 0.3 is 0 Å². The highest BCUT2D eigenvalue weighted by Crippen LogP contribution is 2.20. The smallest absolute Gasteiger partial charge is 0.127 e. The summed E-state index contributed by atoms with van der Waals surface area (Å²) < 4.78 is 0. The van der Waals surface area contributed by atoms with Gasteiger partial charge < -0.3 is 15.5 Å². The van der Waals surface area contributed by atoms with Gasteiger partial charge in [-0.3, -0.25) is 5.41 Å². The lowest BCUT2D eigenvalue weighted by Gasteiger charge is -2.14. The highest BCUT2D eigenvalue weighted by molar-refractivity contribution is 6.30. The molecule has 0 fully saturated rings. The molecule has 5 nitrogen and oxygen atoms in total. The average molecular weight is 474 g/mol. The van der Waals surface area contributed by atoms with Crippen molar-refractivity contribution in [1.82, 2.24) is 9.88 Å². The lowest BCUT2D eigenvalue weighted by molar-refractivity contribution is 0.619. The second-order valence-electron chi connectivity index (χ2n) is 6.86. The summed E-state index contributed by atoms with van der Waals surface area (Å²) in [5, 5.41) is 15.6. The maximum absolute atomic E-state index is 7.94. The number of halogens is 2. The highest BCUT2D eigenvalue weighted by atomic mass is 35.5. The van der Waals surface area contributed by atoms with E-state index in [1.54, 1.807) is 17.2 Å². The van der Waals surface area contributed by atoms with Crippen LogP contribution in [-0.2, 0) is 6.54 Å². The number of anilines is 2. The monoisotopic (exact) mass is 473 g/mol. The van der Waals surface area contributed by atoms with E-state index >= 15 is 0 Å². The topological polar surface area (TPSA) is 64.0 Å². The number of rotatable bonds is 5. The van der Waals surface area contributed by atoms with E-state index in [1.807, 2.05) is 90.4 Å². The van der Waals surface area contributed by atoms with Crippen LogP contribution >= 0.6 is 23.2 Å². The van der Waals surface area contributed by atoms with Crippen LogP contribution in [0, 0.1) is 12.3 Å². The fraction of sp³-hybridized carbons (Fsp3) is 0.280. The fourth-order valence-corrected chi connectivity index (χ4v) is 2.92. The van der Waals surface area contributed by atoms with Gasteiger partial charge in [-0.1, -0.05) is 61.3 Å². The van der Waals surface area contributed by atoms with Crippen molar-refractivity contribution in [3.05, 3.63) is 87.5 Å². The first-order valence-electron chi connectivity index (χ1n) is 10.4. The van der Waals surface area contributed by atoms with Gasteiger partial charge in [0.2, 0.25) is 0 Å². The van der Waals surface area contributed by atoms with Crippen LogP contribution in [0.1, 0.15) is 30.5 Å². The number of nitrogens with one attached hydrogen (secondary N) is 3. The molecule has 0 bridgehead atoms. The Morgan fingerprint density at radius 1 is 0.969 bits per heavy atom. The molecule has 172 valence electrons. The van der Waals surface area contributed by atoms with Crippen LogP contribution in [-0.4, -0.2) is 36.9 Å². The van der Waals surface area contributed by atoms with Crippen molar-refractivity contribution in [2.45, 2.75) is 27.3 Å². The van der Waals surface area contributed by atoms with Crippen molar-refractivity contribution in [3.63, 3.8) is 0 Å². The van der Waals surface area contributed by atoms with Gasteiger partial charge in [0.25, 0.3) is 0 Å². The van der Waals surface area contributed by atoms with E-state index in [4.69, 9.17) is 28.6 Å². The minimum Gasteiger partial charge on any atom is -0.381 e. The molecule has 0 aliphatic rings. The normalized spacial score (nSPS) is 9.50. The van der Waals surface area contributed by atoms with E-state index in [0.717, 1.165) is 34.2 Å². The largest absolute Gasteiger partial charge is 0.381 e. The van der Waals surface area contributed by atoms with Crippen molar-refractivity contribution in [1.29, 1.82) is 5.41 Å². The molecule has 0 saturated carbocycles. The maximum Gasteiger partial charge on any atom is 0.127 e. The molecule has 3 N–H and O–H groups in total. The zero-order chi connectivity index (χ0) is 24.1. The predicted molar refractivity (Wildman–Crippen MR) is 141 cm³/mol. The fourth-order valence-electron chi connectivity index (χ4n) is 2.59. The lowest BCUT2D eigenvalue weighted by Crippen LogP contribution is -2.21. The Labute approximate surface area is 202 Å². The summed E-state index contributed by atoms with van der Waals surface area (Å²) in [5.41, 5.74) is 4.32. The molecule has 3 aromatic rings. The van der Waals surface area contributed by atoms with Gasteiger partial charge in [-0.15, -0.1) is 0 Å². The van der Waals surface area contributed by atoms with E-state index in [2.05, 4.69) is 15.6 Å². The summed E-state index contributed by atoms with van der Waals surface area (Å²) in [6, 6.07) is 17.5. The number of hydrogen-bond donors (Lipinski definition) is 3. The molecule has 0 aliphatic heterocycles. The highest BCUT2D eigenvalue weighted by Gasteiger charge is 2.04. The first-order valence-corrected chi connectivity index (χ1v) is 11.2. The van der Waals surface area contributed by atoms with Crippen LogP contribution in [0.3, 0.4) is 0 Å². The van der Waals surface area contributed by atoms with E-state index in [0.29, 0.717) is 10.9 Å². The first-order chi connectivity index (χ1) is 15.3. The van der Waals surface area contributed by atoms with Crippen LogP contribution in [0.25, 0.3) is 0 Å². The number of pyridine rings is 1. The van der Waals surface area contributed by atoms with Crippen LogP contribution in [0.5, 0.6) is 0 Å². The number of amidine groups is 1. The SMILES string of the molecule is CC.CNc1ccc(Cl)cn1.Cc1cc(Cl)ccc1NCc1ccc(C(=N)N(C)C)cc1.